The molecule has 1 aliphatic rings. The first-order valence-corrected chi connectivity index (χ1v) is 5.59. The number of nitriles is 1. The number of likely N-dealkylation sites (tertiary alicyclic amines) is 1. The first-order valence-electron chi connectivity index (χ1n) is 5.59. The van der Waals surface area contributed by atoms with Crippen molar-refractivity contribution in [2.45, 2.75) is 44.7 Å². The third kappa shape index (κ3) is 2.97. The lowest BCUT2D eigenvalue weighted by Crippen LogP contribution is -2.45. The lowest BCUT2D eigenvalue weighted by molar-refractivity contribution is 0.121. The van der Waals surface area contributed by atoms with E-state index in [2.05, 4.69) is 16.3 Å². The minimum absolute atomic E-state index is 0.0807. The second kappa shape index (κ2) is 6.00. The summed E-state index contributed by atoms with van der Waals surface area (Å²) < 4.78 is 0. The molecule has 2 unspecified atom stereocenters. The Labute approximate surface area is 87.1 Å². The fourth-order valence-corrected chi connectivity index (χ4v) is 2.23. The third-order valence-corrected chi connectivity index (χ3v) is 3.08. The summed E-state index contributed by atoms with van der Waals surface area (Å²) in [6.07, 6.45) is 5.00. The molecule has 0 aromatic heterocycles. The van der Waals surface area contributed by atoms with Gasteiger partial charge in [-0.3, -0.25) is 4.90 Å². The van der Waals surface area contributed by atoms with E-state index in [-0.39, 0.29) is 6.04 Å². The van der Waals surface area contributed by atoms with Crippen molar-refractivity contribution in [2.75, 3.05) is 20.1 Å². The molecule has 1 N–H and O–H groups in total. The lowest BCUT2D eigenvalue weighted by atomic mass is 9.98. The van der Waals surface area contributed by atoms with Gasteiger partial charge in [0.25, 0.3) is 0 Å². The quantitative estimate of drug-likeness (QED) is 0.736. The van der Waals surface area contributed by atoms with E-state index in [1.807, 2.05) is 14.0 Å². The van der Waals surface area contributed by atoms with Crippen LogP contribution in [0, 0.1) is 11.3 Å². The largest absolute Gasteiger partial charge is 0.320 e. The molecule has 1 fully saturated rings. The van der Waals surface area contributed by atoms with Gasteiger partial charge in [0.05, 0.1) is 12.1 Å². The number of hydrogen-bond donors (Lipinski definition) is 1. The summed E-state index contributed by atoms with van der Waals surface area (Å²) in [6.45, 7) is 4.17. The fraction of sp³-hybridized carbons (Fsp3) is 0.909. The van der Waals surface area contributed by atoms with Crippen LogP contribution >= 0.6 is 0 Å². The SMILES string of the molecule is CNCCC1CCCCN1C(C)C#N. The Bertz CT molecular complexity index is 197. The molecule has 3 nitrogen and oxygen atoms in total. The molecule has 1 aliphatic heterocycles. The van der Waals surface area contributed by atoms with Crippen molar-refractivity contribution in [3.8, 4) is 6.07 Å². The fourth-order valence-electron chi connectivity index (χ4n) is 2.23. The number of rotatable bonds is 4. The maximum Gasteiger partial charge on any atom is 0.0951 e. The number of nitrogens with one attached hydrogen (secondary N) is 1. The highest BCUT2D eigenvalue weighted by atomic mass is 15.2. The van der Waals surface area contributed by atoms with Gasteiger partial charge in [-0.25, -0.2) is 0 Å². The average molecular weight is 195 g/mol. The van der Waals surface area contributed by atoms with Crippen molar-refractivity contribution in [1.29, 1.82) is 5.26 Å². The Hall–Kier alpha value is -0.590. The Morgan fingerprint density at radius 1 is 1.57 bits per heavy atom. The van der Waals surface area contributed by atoms with Crippen LogP contribution < -0.4 is 5.32 Å². The maximum absolute atomic E-state index is 8.92. The molecule has 1 heterocycles. The van der Waals surface area contributed by atoms with Crippen LogP contribution in [-0.2, 0) is 0 Å². The van der Waals surface area contributed by atoms with Crippen LogP contribution in [0.15, 0.2) is 0 Å². The molecular formula is C11H21N3. The van der Waals surface area contributed by atoms with Gasteiger partial charge in [0.1, 0.15) is 0 Å². The van der Waals surface area contributed by atoms with Crippen molar-refractivity contribution < 1.29 is 0 Å². The minimum atomic E-state index is 0.0807. The van der Waals surface area contributed by atoms with E-state index < -0.39 is 0 Å². The summed E-state index contributed by atoms with van der Waals surface area (Å²) in [7, 11) is 1.99. The second-order valence-corrected chi connectivity index (χ2v) is 4.08. The van der Waals surface area contributed by atoms with Crippen LogP contribution in [0.3, 0.4) is 0 Å². The van der Waals surface area contributed by atoms with E-state index in [1.54, 1.807) is 0 Å². The third-order valence-electron chi connectivity index (χ3n) is 3.08. The molecule has 0 spiro atoms. The number of nitrogens with zero attached hydrogens (tertiary/aromatic N) is 2. The van der Waals surface area contributed by atoms with Gasteiger partial charge in [0.15, 0.2) is 0 Å². The molecule has 1 rings (SSSR count). The maximum atomic E-state index is 8.92. The summed E-state index contributed by atoms with van der Waals surface area (Å²) in [4.78, 5) is 2.36. The van der Waals surface area contributed by atoms with E-state index >= 15 is 0 Å². The van der Waals surface area contributed by atoms with Crippen LogP contribution in [-0.4, -0.2) is 37.1 Å². The predicted octanol–water partition coefficient (Wildman–Crippen LogP) is 1.36. The molecule has 0 aromatic carbocycles. The molecule has 14 heavy (non-hydrogen) atoms. The highest BCUT2D eigenvalue weighted by Gasteiger charge is 2.25. The zero-order valence-electron chi connectivity index (χ0n) is 9.29. The summed E-state index contributed by atoms with van der Waals surface area (Å²) >= 11 is 0. The van der Waals surface area contributed by atoms with Gasteiger partial charge in [0.2, 0.25) is 0 Å². The van der Waals surface area contributed by atoms with Gasteiger partial charge in [-0.2, -0.15) is 5.26 Å². The van der Waals surface area contributed by atoms with Crippen molar-refractivity contribution >= 4 is 0 Å². The summed E-state index contributed by atoms with van der Waals surface area (Å²) in [5.41, 5.74) is 0. The van der Waals surface area contributed by atoms with Crippen LogP contribution in [0.4, 0.5) is 0 Å². The first-order chi connectivity index (χ1) is 6.79. The van der Waals surface area contributed by atoms with Gasteiger partial charge in [0, 0.05) is 6.04 Å². The topological polar surface area (TPSA) is 39.1 Å². The van der Waals surface area contributed by atoms with Crippen LogP contribution in [0.25, 0.3) is 0 Å². The molecule has 2 atom stereocenters. The van der Waals surface area contributed by atoms with E-state index in [0.717, 1.165) is 13.1 Å². The van der Waals surface area contributed by atoms with E-state index in [9.17, 15) is 0 Å². The van der Waals surface area contributed by atoms with Gasteiger partial charge >= 0.3 is 0 Å². The van der Waals surface area contributed by atoms with Crippen LogP contribution in [0.2, 0.25) is 0 Å². The van der Waals surface area contributed by atoms with E-state index in [4.69, 9.17) is 5.26 Å². The van der Waals surface area contributed by atoms with Crippen molar-refractivity contribution in [3.05, 3.63) is 0 Å². The molecule has 80 valence electrons. The summed E-state index contributed by atoms with van der Waals surface area (Å²) in [6, 6.07) is 3.04. The molecule has 0 aromatic rings. The zero-order valence-corrected chi connectivity index (χ0v) is 9.29. The lowest BCUT2D eigenvalue weighted by Gasteiger charge is -2.37. The van der Waals surface area contributed by atoms with Crippen molar-refractivity contribution in [1.82, 2.24) is 10.2 Å². The highest BCUT2D eigenvalue weighted by molar-refractivity contribution is 4.92. The minimum Gasteiger partial charge on any atom is -0.320 e. The highest BCUT2D eigenvalue weighted by Crippen LogP contribution is 2.21. The molecule has 0 amide bonds. The van der Waals surface area contributed by atoms with Crippen LogP contribution in [0.1, 0.15) is 32.6 Å². The smallest absolute Gasteiger partial charge is 0.0951 e. The Balaban J connectivity index is 2.46. The molecule has 1 saturated heterocycles. The first kappa shape index (κ1) is 11.5. The molecule has 3 heteroatoms. The van der Waals surface area contributed by atoms with E-state index in [1.165, 1.54) is 25.7 Å². The summed E-state index contributed by atoms with van der Waals surface area (Å²) in [5.74, 6) is 0. The monoisotopic (exact) mass is 195 g/mol. The van der Waals surface area contributed by atoms with Gasteiger partial charge in [-0.05, 0) is 46.3 Å². The van der Waals surface area contributed by atoms with E-state index in [0.29, 0.717) is 6.04 Å². The molecular weight excluding hydrogens is 174 g/mol. The Morgan fingerprint density at radius 2 is 2.36 bits per heavy atom. The van der Waals surface area contributed by atoms with Crippen molar-refractivity contribution in [3.63, 3.8) is 0 Å². The van der Waals surface area contributed by atoms with Crippen molar-refractivity contribution in [2.24, 2.45) is 0 Å². The molecule has 0 radical (unpaired) electrons. The number of hydrogen-bond acceptors (Lipinski definition) is 3. The normalized spacial score (nSPS) is 25.6. The molecule has 0 aliphatic carbocycles. The Morgan fingerprint density at radius 3 is 3.00 bits per heavy atom. The zero-order chi connectivity index (χ0) is 10.4. The predicted molar refractivity (Wildman–Crippen MR) is 58.0 cm³/mol. The van der Waals surface area contributed by atoms with Gasteiger partial charge in [-0.15, -0.1) is 0 Å². The summed E-state index contributed by atoms with van der Waals surface area (Å²) in [5, 5.41) is 12.1. The standard InChI is InChI=1S/C11H21N3/c1-10(9-12)14-8-4-3-5-11(14)6-7-13-2/h10-11,13H,3-8H2,1-2H3. The molecule has 0 saturated carbocycles. The average Bonchev–Trinajstić information content (AvgIpc) is 2.25. The number of piperidine rings is 1. The van der Waals surface area contributed by atoms with Gasteiger partial charge in [-0.1, -0.05) is 6.42 Å². The van der Waals surface area contributed by atoms with Gasteiger partial charge < -0.3 is 5.32 Å². The second-order valence-electron chi connectivity index (χ2n) is 4.08. The Kier molecular flexibility index (Phi) is 4.92. The molecule has 0 bridgehead atoms. The van der Waals surface area contributed by atoms with Crippen LogP contribution in [0.5, 0.6) is 0 Å².